The van der Waals surface area contributed by atoms with Gasteiger partial charge in [-0.25, -0.2) is 5.48 Å². The van der Waals surface area contributed by atoms with E-state index in [1.54, 1.807) is 41.9 Å². The molecule has 3 rings (SSSR count). The predicted octanol–water partition coefficient (Wildman–Crippen LogP) is 2.48. The molecule has 0 unspecified atom stereocenters. The Balaban J connectivity index is 1.97. The van der Waals surface area contributed by atoms with E-state index in [1.165, 1.54) is 6.07 Å². The first-order chi connectivity index (χ1) is 11.5. The van der Waals surface area contributed by atoms with Gasteiger partial charge in [-0.1, -0.05) is 22.2 Å². The maximum atomic E-state index is 12.5. The van der Waals surface area contributed by atoms with Crippen LogP contribution in [0, 0.1) is 0 Å². The Morgan fingerprint density at radius 2 is 1.96 bits per heavy atom. The van der Waals surface area contributed by atoms with Crippen LogP contribution in [0.3, 0.4) is 0 Å². The largest absolute Gasteiger partial charge is 0.324 e. The molecule has 0 aliphatic carbocycles. The summed E-state index contributed by atoms with van der Waals surface area (Å²) in [6.45, 7) is 0. The van der Waals surface area contributed by atoms with Gasteiger partial charge in [0.05, 0.1) is 4.70 Å². The van der Waals surface area contributed by atoms with Crippen LogP contribution in [0.15, 0.2) is 51.8 Å². The standard InChI is InChI=1S/C13H10ClN5O3S2/c14-8-4-6-9(7-5-8)15-13(17-20)18-24(21,22)11-3-1-2-10-12(11)16-19-23-10/h1-7,20H,(H2,15,17,18). The number of hydrogen-bond donors (Lipinski definition) is 3. The SMILES string of the molecule is O=S(=O)(N=C(NO)Nc1ccc(Cl)cc1)c1cccc2snnc12. The number of rotatable bonds is 3. The number of nitrogens with one attached hydrogen (secondary N) is 2. The minimum absolute atomic E-state index is 0.0978. The fourth-order valence-electron chi connectivity index (χ4n) is 1.90. The van der Waals surface area contributed by atoms with Crippen molar-refractivity contribution in [1.82, 2.24) is 15.1 Å². The summed E-state index contributed by atoms with van der Waals surface area (Å²) in [5.41, 5.74) is 2.45. The molecule has 0 bridgehead atoms. The van der Waals surface area contributed by atoms with Gasteiger partial charge >= 0.3 is 0 Å². The van der Waals surface area contributed by atoms with Crippen LogP contribution >= 0.6 is 23.1 Å². The molecule has 1 heterocycles. The molecule has 0 atom stereocenters. The summed E-state index contributed by atoms with van der Waals surface area (Å²) in [7, 11) is -4.12. The summed E-state index contributed by atoms with van der Waals surface area (Å²) in [6, 6.07) is 11.1. The van der Waals surface area contributed by atoms with Crippen LogP contribution in [-0.4, -0.2) is 29.2 Å². The van der Waals surface area contributed by atoms with Gasteiger partial charge in [0.2, 0.25) is 5.96 Å². The first-order valence-corrected chi connectivity index (χ1v) is 9.07. The van der Waals surface area contributed by atoms with E-state index in [0.717, 1.165) is 11.5 Å². The lowest BCUT2D eigenvalue weighted by atomic mass is 10.3. The summed E-state index contributed by atoms with van der Waals surface area (Å²) in [5, 5.41) is 16.1. The van der Waals surface area contributed by atoms with E-state index in [0.29, 0.717) is 15.4 Å². The molecule has 11 heteroatoms. The molecule has 0 aliphatic rings. The number of nitrogens with zero attached hydrogens (tertiary/aromatic N) is 3. The summed E-state index contributed by atoms with van der Waals surface area (Å²) >= 11 is 6.86. The van der Waals surface area contributed by atoms with Crippen molar-refractivity contribution >= 4 is 55.0 Å². The molecule has 0 aliphatic heterocycles. The van der Waals surface area contributed by atoms with E-state index in [4.69, 9.17) is 16.8 Å². The monoisotopic (exact) mass is 383 g/mol. The third-order valence-electron chi connectivity index (χ3n) is 2.94. The molecular formula is C13H10ClN5O3S2. The van der Waals surface area contributed by atoms with Crippen LogP contribution in [0.2, 0.25) is 5.02 Å². The zero-order valence-corrected chi connectivity index (χ0v) is 14.2. The number of halogens is 1. The van der Waals surface area contributed by atoms with Gasteiger partial charge in [0, 0.05) is 10.7 Å². The first-order valence-electron chi connectivity index (χ1n) is 6.48. The van der Waals surface area contributed by atoms with E-state index in [-0.39, 0.29) is 16.4 Å². The number of benzene rings is 2. The molecule has 8 nitrogen and oxygen atoms in total. The molecule has 0 saturated heterocycles. The second-order valence-electron chi connectivity index (χ2n) is 4.53. The fraction of sp³-hybridized carbons (Fsp3) is 0. The summed E-state index contributed by atoms with van der Waals surface area (Å²) in [5.74, 6) is -0.363. The van der Waals surface area contributed by atoms with Crippen LogP contribution in [0.1, 0.15) is 0 Å². The van der Waals surface area contributed by atoms with Crippen molar-refractivity contribution in [1.29, 1.82) is 0 Å². The maximum absolute atomic E-state index is 12.5. The highest BCUT2D eigenvalue weighted by atomic mass is 35.5. The number of aromatic nitrogens is 2. The van der Waals surface area contributed by atoms with Gasteiger partial charge in [0.25, 0.3) is 10.0 Å². The number of hydrogen-bond acceptors (Lipinski definition) is 6. The molecule has 0 fully saturated rings. The van der Waals surface area contributed by atoms with Crippen LogP contribution in [0.4, 0.5) is 5.69 Å². The Morgan fingerprint density at radius 3 is 2.67 bits per heavy atom. The van der Waals surface area contributed by atoms with Crippen molar-refractivity contribution in [3.8, 4) is 0 Å². The average molecular weight is 384 g/mol. The van der Waals surface area contributed by atoms with Crippen molar-refractivity contribution in [2.45, 2.75) is 4.90 Å². The Hall–Kier alpha value is -2.27. The highest BCUT2D eigenvalue weighted by Gasteiger charge is 2.20. The van der Waals surface area contributed by atoms with Crippen LogP contribution < -0.4 is 10.8 Å². The number of sulfonamides is 1. The summed E-state index contributed by atoms with van der Waals surface area (Å²) < 4.78 is 32.9. The molecule has 3 aromatic rings. The molecule has 3 N–H and O–H groups in total. The average Bonchev–Trinajstić information content (AvgIpc) is 3.04. The Bertz CT molecular complexity index is 1000. The van der Waals surface area contributed by atoms with E-state index in [9.17, 15) is 8.42 Å². The number of guanidine groups is 1. The lowest BCUT2D eigenvalue weighted by Crippen LogP contribution is -2.28. The van der Waals surface area contributed by atoms with Crippen molar-refractivity contribution in [2.24, 2.45) is 4.40 Å². The molecular weight excluding hydrogens is 374 g/mol. The molecule has 0 spiro atoms. The van der Waals surface area contributed by atoms with E-state index in [1.807, 2.05) is 0 Å². The molecule has 1 aromatic heterocycles. The summed E-state index contributed by atoms with van der Waals surface area (Å²) in [6.07, 6.45) is 0. The number of anilines is 1. The van der Waals surface area contributed by atoms with Crippen molar-refractivity contribution in [3.63, 3.8) is 0 Å². The smallest absolute Gasteiger partial charge is 0.287 e. The van der Waals surface area contributed by atoms with Gasteiger partial charge in [-0.2, -0.15) is 8.42 Å². The maximum Gasteiger partial charge on any atom is 0.287 e. The number of hydroxylamine groups is 1. The van der Waals surface area contributed by atoms with Gasteiger partial charge in [0.15, 0.2) is 0 Å². The number of fused-ring (bicyclic) bond motifs is 1. The van der Waals surface area contributed by atoms with E-state index >= 15 is 0 Å². The van der Waals surface area contributed by atoms with Crippen LogP contribution in [-0.2, 0) is 10.0 Å². The van der Waals surface area contributed by atoms with E-state index in [2.05, 4.69) is 19.3 Å². The third kappa shape index (κ3) is 3.46. The van der Waals surface area contributed by atoms with Crippen molar-refractivity contribution in [2.75, 3.05) is 5.32 Å². The second kappa shape index (κ2) is 6.69. The van der Waals surface area contributed by atoms with Crippen molar-refractivity contribution < 1.29 is 13.6 Å². The second-order valence-corrected chi connectivity index (χ2v) is 7.33. The van der Waals surface area contributed by atoms with Gasteiger partial charge in [-0.3, -0.25) is 5.21 Å². The Labute approximate surface area is 146 Å². The minimum Gasteiger partial charge on any atom is -0.324 e. The first kappa shape index (κ1) is 16.6. The highest BCUT2D eigenvalue weighted by molar-refractivity contribution is 7.90. The van der Waals surface area contributed by atoms with Gasteiger partial charge in [-0.05, 0) is 47.9 Å². The van der Waals surface area contributed by atoms with Crippen LogP contribution in [0.5, 0.6) is 0 Å². The highest BCUT2D eigenvalue weighted by Crippen LogP contribution is 2.24. The summed E-state index contributed by atoms with van der Waals surface area (Å²) in [4.78, 5) is -0.0978. The molecule has 24 heavy (non-hydrogen) atoms. The minimum atomic E-state index is -4.12. The lowest BCUT2D eigenvalue weighted by molar-refractivity contribution is 0.234. The molecule has 0 saturated carbocycles. The lowest BCUT2D eigenvalue weighted by Gasteiger charge is -2.08. The zero-order chi connectivity index (χ0) is 17.2. The Kier molecular flexibility index (Phi) is 4.62. The van der Waals surface area contributed by atoms with Gasteiger partial charge < -0.3 is 5.32 Å². The third-order valence-corrected chi connectivity index (χ3v) is 5.19. The normalized spacial score (nSPS) is 12.3. The topological polar surface area (TPSA) is 117 Å². The fourth-order valence-corrected chi connectivity index (χ4v) is 3.75. The van der Waals surface area contributed by atoms with Gasteiger partial charge in [0.1, 0.15) is 10.4 Å². The zero-order valence-electron chi connectivity index (χ0n) is 11.8. The quantitative estimate of drug-likeness (QED) is 0.361. The van der Waals surface area contributed by atoms with Gasteiger partial charge in [-0.15, -0.1) is 9.50 Å². The Morgan fingerprint density at radius 1 is 1.21 bits per heavy atom. The molecule has 124 valence electrons. The molecule has 2 aromatic carbocycles. The predicted molar refractivity (Wildman–Crippen MR) is 92.0 cm³/mol. The van der Waals surface area contributed by atoms with Crippen molar-refractivity contribution in [3.05, 3.63) is 47.5 Å². The van der Waals surface area contributed by atoms with Crippen LogP contribution in [0.25, 0.3) is 10.2 Å². The van der Waals surface area contributed by atoms with E-state index < -0.39 is 10.0 Å². The molecule has 0 amide bonds. The molecule has 0 radical (unpaired) electrons.